The first-order valence-corrected chi connectivity index (χ1v) is 8.99. The summed E-state index contributed by atoms with van der Waals surface area (Å²) in [6.07, 6.45) is 5.53. The predicted molar refractivity (Wildman–Crippen MR) is 105 cm³/mol. The molecule has 1 heterocycles. The van der Waals surface area contributed by atoms with Crippen LogP contribution in [0.3, 0.4) is 0 Å². The smallest absolute Gasteiger partial charge is 0.164 e. The molecule has 26 heavy (non-hydrogen) atoms. The van der Waals surface area contributed by atoms with Crippen LogP contribution in [0.2, 0.25) is 0 Å². The lowest BCUT2D eigenvalue weighted by atomic mass is 9.97. The topological polar surface area (TPSA) is 30.9 Å². The van der Waals surface area contributed by atoms with Gasteiger partial charge in [0, 0.05) is 24.6 Å². The maximum atomic E-state index is 5.61. The first-order chi connectivity index (χ1) is 12.7. The van der Waals surface area contributed by atoms with Gasteiger partial charge in [0.2, 0.25) is 0 Å². The highest BCUT2D eigenvalue weighted by Gasteiger charge is 2.26. The molecule has 2 aromatic rings. The Morgan fingerprint density at radius 3 is 2.50 bits per heavy atom. The van der Waals surface area contributed by atoms with E-state index in [2.05, 4.69) is 35.3 Å². The number of rotatable bonds is 7. The van der Waals surface area contributed by atoms with Gasteiger partial charge in [0.1, 0.15) is 5.75 Å². The minimum absolute atomic E-state index is 0.481. The van der Waals surface area contributed by atoms with Gasteiger partial charge in [-0.2, -0.15) is 0 Å². The third-order valence-electron chi connectivity index (χ3n) is 4.94. The SMILES string of the molecule is COc1ccc(/C=C/CN2CCC(c3cccc(OC)c3OC)C2)cc1. The average Bonchev–Trinajstić information content (AvgIpc) is 3.16. The zero-order valence-electron chi connectivity index (χ0n) is 15.8. The average molecular weight is 353 g/mol. The Kier molecular flexibility index (Phi) is 6.18. The molecule has 3 rings (SSSR count). The summed E-state index contributed by atoms with van der Waals surface area (Å²) in [7, 11) is 5.09. The van der Waals surface area contributed by atoms with Gasteiger partial charge in [0.15, 0.2) is 11.5 Å². The number of ether oxygens (including phenoxy) is 3. The maximum Gasteiger partial charge on any atom is 0.164 e. The quantitative estimate of drug-likeness (QED) is 0.746. The van der Waals surface area contributed by atoms with Gasteiger partial charge < -0.3 is 14.2 Å². The molecule has 0 N–H and O–H groups in total. The van der Waals surface area contributed by atoms with Crippen molar-refractivity contribution in [3.8, 4) is 17.2 Å². The lowest BCUT2D eigenvalue weighted by molar-refractivity contribution is 0.346. The molecule has 1 saturated heterocycles. The van der Waals surface area contributed by atoms with Crippen molar-refractivity contribution >= 4 is 6.08 Å². The molecule has 0 aromatic heterocycles. The Hall–Kier alpha value is -2.46. The first kappa shape index (κ1) is 18.3. The van der Waals surface area contributed by atoms with E-state index in [1.807, 2.05) is 24.3 Å². The van der Waals surface area contributed by atoms with Gasteiger partial charge in [-0.15, -0.1) is 0 Å². The van der Waals surface area contributed by atoms with Gasteiger partial charge in [0.05, 0.1) is 21.3 Å². The molecular weight excluding hydrogens is 326 g/mol. The van der Waals surface area contributed by atoms with Crippen molar-refractivity contribution in [2.24, 2.45) is 0 Å². The van der Waals surface area contributed by atoms with Crippen molar-refractivity contribution in [2.45, 2.75) is 12.3 Å². The molecule has 4 nitrogen and oxygen atoms in total. The zero-order chi connectivity index (χ0) is 18.4. The second kappa shape index (κ2) is 8.77. The van der Waals surface area contributed by atoms with Gasteiger partial charge in [-0.05, 0) is 36.7 Å². The van der Waals surface area contributed by atoms with E-state index in [0.29, 0.717) is 5.92 Å². The van der Waals surface area contributed by atoms with Crippen molar-refractivity contribution in [1.82, 2.24) is 4.90 Å². The van der Waals surface area contributed by atoms with E-state index in [-0.39, 0.29) is 0 Å². The normalized spacial score (nSPS) is 17.6. The molecule has 1 aliphatic heterocycles. The molecule has 1 unspecified atom stereocenters. The maximum absolute atomic E-state index is 5.61. The van der Waals surface area contributed by atoms with Crippen LogP contribution in [-0.2, 0) is 0 Å². The molecular formula is C22H27NO3. The van der Waals surface area contributed by atoms with E-state index in [4.69, 9.17) is 14.2 Å². The number of likely N-dealkylation sites (tertiary alicyclic amines) is 1. The molecule has 0 amide bonds. The summed E-state index contributed by atoms with van der Waals surface area (Å²) in [5.41, 5.74) is 2.43. The molecule has 2 aromatic carbocycles. The van der Waals surface area contributed by atoms with Gasteiger partial charge in [-0.25, -0.2) is 0 Å². The van der Waals surface area contributed by atoms with Crippen molar-refractivity contribution in [2.75, 3.05) is 41.0 Å². The number of benzene rings is 2. The van der Waals surface area contributed by atoms with Crippen LogP contribution in [0, 0.1) is 0 Å². The van der Waals surface area contributed by atoms with Crippen LogP contribution < -0.4 is 14.2 Å². The largest absolute Gasteiger partial charge is 0.497 e. The molecule has 0 aliphatic carbocycles. The number of nitrogens with zero attached hydrogens (tertiary/aromatic N) is 1. The zero-order valence-corrected chi connectivity index (χ0v) is 15.8. The highest BCUT2D eigenvalue weighted by molar-refractivity contribution is 5.51. The molecule has 138 valence electrons. The van der Waals surface area contributed by atoms with E-state index < -0.39 is 0 Å². The minimum Gasteiger partial charge on any atom is -0.497 e. The second-order valence-electron chi connectivity index (χ2n) is 6.50. The Morgan fingerprint density at radius 1 is 1.00 bits per heavy atom. The Labute approximate surface area is 156 Å². The fourth-order valence-corrected chi connectivity index (χ4v) is 3.54. The Bertz CT molecular complexity index is 740. The lowest BCUT2D eigenvalue weighted by Gasteiger charge is -2.18. The van der Waals surface area contributed by atoms with Crippen molar-refractivity contribution < 1.29 is 14.2 Å². The Balaban J connectivity index is 1.59. The summed E-state index contributed by atoms with van der Waals surface area (Å²) in [6.45, 7) is 3.09. The highest BCUT2D eigenvalue weighted by Crippen LogP contribution is 2.39. The summed E-state index contributed by atoms with van der Waals surface area (Å²) in [5.74, 6) is 3.05. The first-order valence-electron chi connectivity index (χ1n) is 8.99. The number of methoxy groups -OCH3 is 3. The highest BCUT2D eigenvalue weighted by atomic mass is 16.5. The fourth-order valence-electron chi connectivity index (χ4n) is 3.54. The summed E-state index contributed by atoms with van der Waals surface area (Å²) in [4.78, 5) is 2.48. The van der Waals surface area contributed by atoms with Gasteiger partial charge in [0.25, 0.3) is 0 Å². The number of hydrogen-bond donors (Lipinski definition) is 0. The van der Waals surface area contributed by atoms with Crippen LogP contribution in [0.25, 0.3) is 6.08 Å². The number of hydrogen-bond acceptors (Lipinski definition) is 4. The molecule has 0 bridgehead atoms. The Morgan fingerprint density at radius 2 is 1.81 bits per heavy atom. The molecule has 1 aliphatic rings. The van der Waals surface area contributed by atoms with Crippen LogP contribution in [0.15, 0.2) is 48.5 Å². The van der Waals surface area contributed by atoms with Gasteiger partial charge >= 0.3 is 0 Å². The second-order valence-corrected chi connectivity index (χ2v) is 6.50. The summed E-state index contributed by atoms with van der Waals surface area (Å²) < 4.78 is 16.2. The molecule has 1 atom stereocenters. The predicted octanol–water partition coefficient (Wildman–Crippen LogP) is 4.22. The standard InChI is InChI=1S/C22H27NO3/c1-24-19-11-9-17(10-12-19)6-5-14-23-15-13-18(16-23)20-7-4-8-21(25-2)22(20)26-3/h4-12,18H,13-16H2,1-3H3/b6-5+. The molecule has 0 spiro atoms. The van der Waals surface area contributed by atoms with Gasteiger partial charge in [-0.3, -0.25) is 4.90 Å². The molecule has 4 heteroatoms. The van der Waals surface area contributed by atoms with Crippen LogP contribution in [0.5, 0.6) is 17.2 Å². The molecule has 1 fully saturated rings. The van der Waals surface area contributed by atoms with E-state index in [9.17, 15) is 0 Å². The van der Waals surface area contributed by atoms with Gasteiger partial charge in [-0.1, -0.05) is 36.4 Å². The summed E-state index contributed by atoms with van der Waals surface area (Å²) >= 11 is 0. The van der Waals surface area contributed by atoms with Crippen molar-refractivity contribution in [3.63, 3.8) is 0 Å². The van der Waals surface area contributed by atoms with E-state index in [1.54, 1.807) is 21.3 Å². The van der Waals surface area contributed by atoms with Crippen LogP contribution in [0.1, 0.15) is 23.5 Å². The number of para-hydroxylation sites is 1. The van der Waals surface area contributed by atoms with E-state index in [1.165, 1.54) is 11.1 Å². The van der Waals surface area contributed by atoms with E-state index >= 15 is 0 Å². The third-order valence-corrected chi connectivity index (χ3v) is 4.94. The minimum atomic E-state index is 0.481. The molecule has 0 saturated carbocycles. The van der Waals surface area contributed by atoms with Crippen molar-refractivity contribution in [1.29, 1.82) is 0 Å². The van der Waals surface area contributed by atoms with Crippen molar-refractivity contribution in [3.05, 3.63) is 59.7 Å². The van der Waals surface area contributed by atoms with E-state index in [0.717, 1.165) is 43.3 Å². The van der Waals surface area contributed by atoms with Crippen LogP contribution in [0.4, 0.5) is 0 Å². The molecule has 0 radical (unpaired) electrons. The van der Waals surface area contributed by atoms with Crippen LogP contribution >= 0.6 is 0 Å². The lowest BCUT2D eigenvalue weighted by Crippen LogP contribution is -2.20. The monoisotopic (exact) mass is 353 g/mol. The third kappa shape index (κ3) is 4.20. The fraction of sp³-hybridized carbons (Fsp3) is 0.364. The summed E-state index contributed by atoms with van der Waals surface area (Å²) in [5, 5.41) is 0. The van der Waals surface area contributed by atoms with Crippen LogP contribution in [-0.4, -0.2) is 45.9 Å². The summed E-state index contributed by atoms with van der Waals surface area (Å²) in [6, 6.07) is 14.3.